The third-order valence-electron chi connectivity index (χ3n) is 3.20. The second kappa shape index (κ2) is 6.96. The Labute approximate surface area is 129 Å². The summed E-state index contributed by atoms with van der Waals surface area (Å²) in [4.78, 5) is 11.1. The molecule has 0 radical (unpaired) electrons. The molecule has 1 aliphatic rings. The van der Waals surface area contributed by atoms with Crippen LogP contribution in [-0.2, 0) is 9.53 Å². The minimum Gasteiger partial charge on any atom is -0.463 e. The van der Waals surface area contributed by atoms with Crippen molar-refractivity contribution in [1.29, 1.82) is 0 Å². The molecule has 2 nitrogen and oxygen atoms in total. The van der Waals surface area contributed by atoms with Gasteiger partial charge in [0.2, 0.25) is 0 Å². The van der Waals surface area contributed by atoms with E-state index in [0.717, 1.165) is 6.42 Å². The number of benzene rings is 1. The summed E-state index contributed by atoms with van der Waals surface area (Å²) < 4.78 is 4.79. The second-order valence-electron chi connectivity index (χ2n) is 4.68. The summed E-state index contributed by atoms with van der Waals surface area (Å²) in [5.41, 5.74) is 1.21. The van der Waals surface area contributed by atoms with Crippen LogP contribution in [0, 0.1) is 5.92 Å². The first-order valence-electron chi connectivity index (χ1n) is 6.58. The van der Waals surface area contributed by atoms with Crippen LogP contribution >= 0.6 is 23.2 Å². The molecule has 1 fully saturated rings. The van der Waals surface area contributed by atoms with Gasteiger partial charge in [-0.05, 0) is 42.9 Å². The first kappa shape index (κ1) is 15.1. The van der Waals surface area contributed by atoms with E-state index in [1.807, 2.05) is 24.3 Å². The van der Waals surface area contributed by atoms with Gasteiger partial charge in [-0.15, -0.1) is 0 Å². The zero-order valence-corrected chi connectivity index (χ0v) is 12.7. The Morgan fingerprint density at radius 2 is 2.15 bits per heavy atom. The fourth-order valence-corrected chi connectivity index (χ4v) is 2.39. The Bertz CT molecular complexity index is 549. The highest BCUT2D eigenvalue weighted by molar-refractivity contribution is 6.42. The molecule has 0 amide bonds. The van der Waals surface area contributed by atoms with Crippen LogP contribution in [0.15, 0.2) is 42.5 Å². The van der Waals surface area contributed by atoms with Crippen LogP contribution in [-0.4, -0.2) is 12.6 Å². The van der Waals surface area contributed by atoms with E-state index in [4.69, 9.17) is 27.9 Å². The number of ether oxygens (including phenoxy) is 1. The maximum absolute atomic E-state index is 11.1. The van der Waals surface area contributed by atoms with E-state index in [-0.39, 0.29) is 5.97 Å². The van der Waals surface area contributed by atoms with E-state index in [0.29, 0.717) is 28.5 Å². The summed E-state index contributed by atoms with van der Waals surface area (Å²) in [6.07, 6.45) is 8.22. The van der Waals surface area contributed by atoms with Crippen molar-refractivity contribution in [3.63, 3.8) is 0 Å². The maximum Gasteiger partial charge on any atom is 0.330 e. The quantitative estimate of drug-likeness (QED) is 0.445. The smallest absolute Gasteiger partial charge is 0.330 e. The van der Waals surface area contributed by atoms with Gasteiger partial charge < -0.3 is 4.74 Å². The zero-order chi connectivity index (χ0) is 14.5. The molecule has 0 saturated heterocycles. The van der Waals surface area contributed by atoms with Crippen LogP contribution in [0.2, 0.25) is 10.0 Å². The van der Waals surface area contributed by atoms with Crippen LogP contribution in [0.4, 0.5) is 0 Å². The van der Waals surface area contributed by atoms with Gasteiger partial charge in [0.1, 0.15) is 0 Å². The van der Waals surface area contributed by atoms with Crippen LogP contribution in [0.3, 0.4) is 0 Å². The van der Waals surface area contributed by atoms with E-state index in [9.17, 15) is 4.79 Å². The number of hydrogen-bond donors (Lipinski definition) is 0. The second-order valence-corrected chi connectivity index (χ2v) is 5.49. The van der Waals surface area contributed by atoms with Gasteiger partial charge in [0, 0.05) is 6.08 Å². The average molecular weight is 311 g/mol. The predicted molar refractivity (Wildman–Crippen MR) is 82.2 cm³/mol. The topological polar surface area (TPSA) is 26.3 Å². The molecular weight excluding hydrogens is 295 g/mol. The Hall–Kier alpha value is -1.25. The first-order chi connectivity index (χ1) is 9.61. The highest BCUT2D eigenvalue weighted by atomic mass is 35.5. The summed E-state index contributed by atoms with van der Waals surface area (Å²) in [7, 11) is 0. The van der Waals surface area contributed by atoms with Crippen molar-refractivity contribution >= 4 is 29.2 Å². The molecule has 0 N–H and O–H groups in total. The first-order valence-corrected chi connectivity index (χ1v) is 7.34. The number of hydrogen-bond acceptors (Lipinski definition) is 2. The van der Waals surface area contributed by atoms with Gasteiger partial charge >= 0.3 is 5.97 Å². The third-order valence-corrected chi connectivity index (χ3v) is 3.94. The standard InChI is InChI=1S/C16H16Cl2O2/c1-2-20-16(19)6-4-3-5-11-9-13(11)12-7-8-14(17)15(18)10-12/h3-8,10-11,13H,2,9H2,1H3/b5-3+,6-4+. The molecule has 0 aliphatic heterocycles. The summed E-state index contributed by atoms with van der Waals surface area (Å²) >= 11 is 11.9. The number of esters is 1. The molecule has 106 valence electrons. The molecule has 0 heterocycles. The van der Waals surface area contributed by atoms with E-state index in [2.05, 4.69) is 6.08 Å². The summed E-state index contributed by atoms with van der Waals surface area (Å²) in [5, 5.41) is 1.18. The van der Waals surface area contributed by atoms with Crippen molar-refractivity contribution in [2.24, 2.45) is 5.92 Å². The van der Waals surface area contributed by atoms with Crippen LogP contribution < -0.4 is 0 Å². The lowest BCUT2D eigenvalue weighted by molar-refractivity contribution is -0.137. The Kier molecular flexibility index (Phi) is 5.27. The molecule has 20 heavy (non-hydrogen) atoms. The fourth-order valence-electron chi connectivity index (χ4n) is 2.08. The predicted octanol–water partition coefficient (Wildman–Crippen LogP) is 4.77. The van der Waals surface area contributed by atoms with Crippen LogP contribution in [0.25, 0.3) is 0 Å². The molecule has 2 rings (SSSR count). The van der Waals surface area contributed by atoms with Gasteiger partial charge in [-0.1, -0.05) is 47.5 Å². The molecule has 2 atom stereocenters. The normalized spacial score (nSPS) is 21.6. The Balaban J connectivity index is 1.86. The van der Waals surface area contributed by atoms with Crippen molar-refractivity contribution in [3.05, 3.63) is 58.1 Å². The molecule has 1 saturated carbocycles. The molecular formula is C16H16Cl2O2. The zero-order valence-electron chi connectivity index (χ0n) is 11.2. The van der Waals surface area contributed by atoms with Crippen molar-refractivity contribution in [3.8, 4) is 0 Å². The highest BCUT2D eigenvalue weighted by Crippen LogP contribution is 2.49. The lowest BCUT2D eigenvalue weighted by Crippen LogP contribution is -1.98. The molecule has 0 aromatic heterocycles. The number of rotatable bonds is 5. The number of allylic oxidation sites excluding steroid dienone is 3. The number of halogens is 2. The van der Waals surface area contributed by atoms with Gasteiger partial charge in [-0.25, -0.2) is 4.79 Å². The largest absolute Gasteiger partial charge is 0.463 e. The maximum atomic E-state index is 11.1. The summed E-state index contributed by atoms with van der Waals surface area (Å²) in [5.74, 6) is 0.685. The van der Waals surface area contributed by atoms with Gasteiger partial charge in [0.25, 0.3) is 0 Å². The fraction of sp³-hybridized carbons (Fsp3) is 0.312. The average Bonchev–Trinajstić information content (AvgIpc) is 3.18. The minimum absolute atomic E-state index is 0.311. The number of carbonyl (C=O) groups excluding carboxylic acids is 1. The van der Waals surface area contributed by atoms with E-state index in [1.165, 1.54) is 11.6 Å². The van der Waals surface area contributed by atoms with Crippen LogP contribution in [0.1, 0.15) is 24.8 Å². The summed E-state index contributed by atoms with van der Waals surface area (Å²) in [6, 6.07) is 5.77. The van der Waals surface area contributed by atoms with Gasteiger partial charge in [-0.2, -0.15) is 0 Å². The number of carbonyl (C=O) groups is 1. The molecule has 0 spiro atoms. The summed E-state index contributed by atoms with van der Waals surface area (Å²) in [6.45, 7) is 2.18. The van der Waals surface area contributed by atoms with Gasteiger partial charge in [-0.3, -0.25) is 0 Å². The van der Waals surface area contributed by atoms with Crippen molar-refractivity contribution in [2.75, 3.05) is 6.61 Å². The van der Waals surface area contributed by atoms with Crippen molar-refractivity contribution in [2.45, 2.75) is 19.3 Å². The van der Waals surface area contributed by atoms with Gasteiger partial charge in [0.05, 0.1) is 16.7 Å². The van der Waals surface area contributed by atoms with Crippen molar-refractivity contribution in [1.82, 2.24) is 0 Å². The van der Waals surface area contributed by atoms with Gasteiger partial charge in [0.15, 0.2) is 0 Å². The molecule has 1 aliphatic carbocycles. The third kappa shape index (κ3) is 4.12. The lowest BCUT2D eigenvalue weighted by Gasteiger charge is -2.00. The van der Waals surface area contributed by atoms with Crippen molar-refractivity contribution < 1.29 is 9.53 Å². The minimum atomic E-state index is -0.311. The van der Waals surface area contributed by atoms with Crippen LogP contribution in [0.5, 0.6) is 0 Å². The molecule has 4 heteroatoms. The van der Waals surface area contributed by atoms with E-state index in [1.54, 1.807) is 13.0 Å². The molecule has 2 unspecified atom stereocenters. The highest BCUT2D eigenvalue weighted by Gasteiger charge is 2.36. The molecule has 1 aromatic carbocycles. The monoisotopic (exact) mass is 310 g/mol. The molecule has 1 aromatic rings. The molecule has 0 bridgehead atoms. The van der Waals surface area contributed by atoms with E-state index < -0.39 is 0 Å². The Morgan fingerprint density at radius 3 is 2.85 bits per heavy atom. The lowest BCUT2D eigenvalue weighted by atomic mass is 10.1. The van der Waals surface area contributed by atoms with E-state index >= 15 is 0 Å². The Morgan fingerprint density at radius 1 is 1.35 bits per heavy atom. The SMILES string of the molecule is CCOC(=O)/C=C/C=C/C1CC1c1ccc(Cl)c(Cl)c1.